The molecule has 0 saturated carbocycles. The Morgan fingerprint density at radius 3 is 2.72 bits per heavy atom. The molecule has 0 radical (unpaired) electrons. The first-order chi connectivity index (χ1) is 12.2. The number of carbonyl (C=O) groups excluding carboxylic acids is 2. The molecule has 1 N–H and O–H groups in total. The molecule has 0 bridgehead atoms. The molecule has 138 valence electrons. The molecule has 0 spiro atoms. The van der Waals surface area contributed by atoms with E-state index in [1.54, 1.807) is 27.6 Å². The van der Waals surface area contributed by atoms with E-state index in [-0.39, 0.29) is 12.0 Å². The molecule has 25 heavy (non-hydrogen) atoms. The molecule has 1 atom stereocenters. The third kappa shape index (κ3) is 4.47. The molecule has 0 unspecified atom stereocenters. The summed E-state index contributed by atoms with van der Waals surface area (Å²) in [5.41, 5.74) is 0.369. The van der Waals surface area contributed by atoms with Crippen molar-refractivity contribution in [1.29, 1.82) is 0 Å². The monoisotopic (exact) mass is 350 g/mol. The van der Waals surface area contributed by atoms with Gasteiger partial charge in [0.2, 0.25) is 0 Å². The lowest BCUT2D eigenvalue weighted by atomic mass is 10.00. The van der Waals surface area contributed by atoms with E-state index in [4.69, 9.17) is 4.74 Å². The van der Waals surface area contributed by atoms with Gasteiger partial charge in [-0.25, -0.2) is 4.79 Å². The molecule has 2 fully saturated rings. The summed E-state index contributed by atoms with van der Waals surface area (Å²) in [4.78, 5) is 27.6. The largest absolute Gasteiger partial charge is 0.450 e. The Balaban J connectivity index is 1.51. The minimum absolute atomic E-state index is 0.128. The van der Waals surface area contributed by atoms with Crippen molar-refractivity contribution < 1.29 is 14.3 Å². The number of nitrogens with one attached hydrogen (secondary N) is 1. The quantitative estimate of drug-likeness (QED) is 0.833. The lowest BCUT2D eigenvalue weighted by Crippen LogP contribution is -2.50. The van der Waals surface area contributed by atoms with Crippen LogP contribution in [0.3, 0.4) is 0 Å². The van der Waals surface area contributed by atoms with Gasteiger partial charge in [0, 0.05) is 32.7 Å². The average molecular weight is 350 g/mol. The Labute approximate surface area is 147 Å². The van der Waals surface area contributed by atoms with Crippen molar-refractivity contribution in [2.45, 2.75) is 26.3 Å². The number of amides is 2. The summed E-state index contributed by atoms with van der Waals surface area (Å²) in [6, 6.07) is 0. The summed E-state index contributed by atoms with van der Waals surface area (Å²) in [5.74, 6) is 0.406. The highest BCUT2D eigenvalue weighted by atomic mass is 16.6. The van der Waals surface area contributed by atoms with Crippen LogP contribution >= 0.6 is 0 Å². The zero-order chi connectivity index (χ0) is 17.6. The Bertz CT molecular complexity index is 590. The number of piperidine rings is 1. The summed E-state index contributed by atoms with van der Waals surface area (Å²) in [6.07, 6.45) is 3.76. The summed E-state index contributed by atoms with van der Waals surface area (Å²) >= 11 is 0. The number of nitrogens with zero attached hydrogens (tertiary/aromatic N) is 5. The van der Waals surface area contributed by atoms with Crippen LogP contribution in [-0.4, -0.2) is 82.7 Å². The van der Waals surface area contributed by atoms with E-state index >= 15 is 0 Å². The van der Waals surface area contributed by atoms with Crippen molar-refractivity contribution in [3.8, 4) is 0 Å². The minimum Gasteiger partial charge on any atom is -0.450 e. The third-order valence-corrected chi connectivity index (χ3v) is 4.69. The van der Waals surface area contributed by atoms with Gasteiger partial charge in [-0.15, -0.1) is 5.10 Å². The fraction of sp³-hybridized carbons (Fsp3) is 0.750. The van der Waals surface area contributed by atoms with Crippen molar-refractivity contribution >= 4 is 12.0 Å². The van der Waals surface area contributed by atoms with E-state index < -0.39 is 0 Å². The maximum atomic E-state index is 12.6. The van der Waals surface area contributed by atoms with Gasteiger partial charge in [-0.05, 0) is 38.8 Å². The highest BCUT2D eigenvalue weighted by Crippen LogP contribution is 2.13. The highest BCUT2D eigenvalue weighted by Gasteiger charge is 2.27. The van der Waals surface area contributed by atoms with Crippen LogP contribution in [-0.2, 0) is 11.3 Å². The Morgan fingerprint density at radius 1 is 1.28 bits per heavy atom. The number of aromatic nitrogens is 3. The maximum Gasteiger partial charge on any atom is 0.409 e. The smallest absolute Gasteiger partial charge is 0.409 e. The van der Waals surface area contributed by atoms with Gasteiger partial charge in [-0.1, -0.05) is 5.21 Å². The lowest BCUT2D eigenvalue weighted by molar-refractivity contribution is 0.0566. The zero-order valence-electron chi connectivity index (χ0n) is 14.7. The highest BCUT2D eigenvalue weighted by molar-refractivity contribution is 5.92. The molecular formula is C16H26N6O3. The second-order valence-corrected chi connectivity index (χ2v) is 6.52. The molecule has 9 heteroatoms. The molecule has 0 aromatic carbocycles. The number of ether oxygens (including phenoxy) is 1. The normalized spacial score (nSPS) is 21.2. The standard InChI is InChI=1S/C16H26N6O3/c1-2-25-16(24)21-8-6-20(7-9-21)15(23)14-12-22(19-18-14)11-13-4-3-5-17-10-13/h12-13,17H,2-11H2,1H3/t13-/m1/s1. The van der Waals surface area contributed by atoms with E-state index in [9.17, 15) is 9.59 Å². The van der Waals surface area contributed by atoms with E-state index in [0.717, 1.165) is 19.6 Å². The van der Waals surface area contributed by atoms with Gasteiger partial charge in [-0.3, -0.25) is 9.48 Å². The lowest BCUT2D eigenvalue weighted by Gasteiger charge is -2.33. The Morgan fingerprint density at radius 2 is 2.04 bits per heavy atom. The summed E-state index contributed by atoms with van der Waals surface area (Å²) in [7, 11) is 0. The third-order valence-electron chi connectivity index (χ3n) is 4.69. The maximum absolute atomic E-state index is 12.6. The van der Waals surface area contributed by atoms with Crippen LogP contribution < -0.4 is 5.32 Å². The second-order valence-electron chi connectivity index (χ2n) is 6.52. The molecule has 2 amide bonds. The van der Waals surface area contributed by atoms with Gasteiger partial charge in [0.1, 0.15) is 0 Å². The van der Waals surface area contributed by atoms with Crippen LogP contribution in [0.1, 0.15) is 30.3 Å². The number of hydrogen-bond acceptors (Lipinski definition) is 6. The number of hydrogen-bond donors (Lipinski definition) is 1. The van der Waals surface area contributed by atoms with Gasteiger partial charge >= 0.3 is 6.09 Å². The fourth-order valence-corrected chi connectivity index (χ4v) is 3.30. The van der Waals surface area contributed by atoms with Crippen LogP contribution in [0.25, 0.3) is 0 Å². The van der Waals surface area contributed by atoms with Crippen molar-refractivity contribution in [2.75, 3.05) is 45.9 Å². The Hall–Kier alpha value is -2.16. The molecule has 9 nitrogen and oxygen atoms in total. The molecule has 2 aliphatic rings. The van der Waals surface area contributed by atoms with Gasteiger partial charge in [0.05, 0.1) is 12.8 Å². The first kappa shape index (κ1) is 17.7. The van der Waals surface area contributed by atoms with Gasteiger partial charge in [0.15, 0.2) is 5.69 Å². The van der Waals surface area contributed by atoms with Crippen LogP contribution in [0.5, 0.6) is 0 Å². The zero-order valence-corrected chi connectivity index (χ0v) is 14.7. The van der Waals surface area contributed by atoms with Crippen molar-refractivity contribution in [1.82, 2.24) is 30.1 Å². The van der Waals surface area contributed by atoms with Crippen LogP contribution in [0.4, 0.5) is 4.79 Å². The molecule has 2 saturated heterocycles. The number of piperazine rings is 1. The average Bonchev–Trinajstić information content (AvgIpc) is 3.11. The molecule has 1 aromatic rings. The predicted molar refractivity (Wildman–Crippen MR) is 90.1 cm³/mol. The van der Waals surface area contributed by atoms with Gasteiger partial charge in [0.25, 0.3) is 5.91 Å². The molecule has 3 rings (SSSR count). The summed E-state index contributed by atoms with van der Waals surface area (Å²) < 4.78 is 6.75. The first-order valence-corrected chi connectivity index (χ1v) is 8.99. The van der Waals surface area contributed by atoms with E-state index in [2.05, 4.69) is 15.6 Å². The Kier molecular flexibility index (Phi) is 5.85. The van der Waals surface area contributed by atoms with Crippen molar-refractivity contribution in [3.05, 3.63) is 11.9 Å². The number of rotatable bonds is 4. The molecular weight excluding hydrogens is 324 g/mol. The van der Waals surface area contributed by atoms with E-state index in [1.165, 1.54) is 12.8 Å². The fourth-order valence-electron chi connectivity index (χ4n) is 3.30. The van der Waals surface area contributed by atoms with Gasteiger partial charge < -0.3 is 19.9 Å². The number of carbonyl (C=O) groups is 2. The van der Waals surface area contributed by atoms with Crippen LogP contribution in [0.2, 0.25) is 0 Å². The molecule has 3 heterocycles. The van der Waals surface area contributed by atoms with Crippen molar-refractivity contribution in [2.24, 2.45) is 5.92 Å². The van der Waals surface area contributed by atoms with Crippen molar-refractivity contribution in [3.63, 3.8) is 0 Å². The van der Waals surface area contributed by atoms with E-state index in [0.29, 0.717) is 44.4 Å². The second kappa shape index (κ2) is 8.28. The van der Waals surface area contributed by atoms with Crippen LogP contribution in [0.15, 0.2) is 6.20 Å². The van der Waals surface area contributed by atoms with Crippen LogP contribution in [0, 0.1) is 5.92 Å². The minimum atomic E-state index is -0.318. The first-order valence-electron chi connectivity index (χ1n) is 8.99. The summed E-state index contributed by atoms with van der Waals surface area (Å²) in [5, 5.41) is 11.5. The predicted octanol–water partition coefficient (Wildman–Crippen LogP) is 0.192. The SMILES string of the molecule is CCOC(=O)N1CCN(C(=O)c2cn(C[C@@H]3CCCNC3)nn2)CC1. The van der Waals surface area contributed by atoms with E-state index in [1.807, 2.05) is 0 Å². The van der Waals surface area contributed by atoms with Gasteiger partial charge in [-0.2, -0.15) is 0 Å². The topological polar surface area (TPSA) is 92.6 Å². The summed E-state index contributed by atoms with van der Waals surface area (Å²) in [6.45, 7) is 6.91. The molecule has 2 aliphatic heterocycles. The molecule has 0 aliphatic carbocycles. The molecule has 1 aromatic heterocycles.